The van der Waals surface area contributed by atoms with Crippen LogP contribution in [0.3, 0.4) is 0 Å². The quantitative estimate of drug-likeness (QED) is 0.520. The second-order valence-corrected chi connectivity index (χ2v) is 11.3. The maximum atomic E-state index is 10.1. The van der Waals surface area contributed by atoms with E-state index in [-0.39, 0.29) is 0 Å². The van der Waals surface area contributed by atoms with Gasteiger partial charge >= 0.3 is 0 Å². The number of hydrogen-bond acceptors (Lipinski definition) is 3. The minimum atomic E-state index is -0.615. The van der Waals surface area contributed by atoms with Crippen molar-refractivity contribution in [3.63, 3.8) is 0 Å². The zero-order valence-corrected chi connectivity index (χ0v) is 19.7. The van der Waals surface area contributed by atoms with Crippen molar-refractivity contribution in [3.05, 3.63) is 35.5 Å². The van der Waals surface area contributed by atoms with Crippen molar-refractivity contribution in [2.24, 2.45) is 23.2 Å². The molecule has 0 aliphatic heterocycles. The summed E-state index contributed by atoms with van der Waals surface area (Å²) in [5, 5.41) is 30.2. The van der Waals surface area contributed by atoms with Crippen molar-refractivity contribution in [2.45, 2.75) is 110 Å². The van der Waals surface area contributed by atoms with Crippen LogP contribution in [-0.4, -0.2) is 33.1 Å². The highest BCUT2D eigenvalue weighted by atomic mass is 16.3. The van der Waals surface area contributed by atoms with Crippen LogP contribution in [0, 0.1) is 23.2 Å². The maximum Gasteiger partial charge on any atom is 0.0811 e. The van der Waals surface area contributed by atoms with Crippen molar-refractivity contribution in [1.82, 2.24) is 0 Å². The van der Waals surface area contributed by atoms with Gasteiger partial charge in [-0.25, -0.2) is 0 Å². The van der Waals surface area contributed by atoms with Gasteiger partial charge in [-0.15, -0.1) is 0 Å². The molecule has 0 aromatic heterocycles. The molecule has 3 fully saturated rings. The van der Waals surface area contributed by atoms with Crippen molar-refractivity contribution < 1.29 is 15.3 Å². The molecule has 0 aromatic carbocycles. The number of fused-ring (bicyclic) bond motifs is 1. The summed E-state index contributed by atoms with van der Waals surface area (Å²) in [6, 6.07) is 0. The predicted octanol–water partition coefficient (Wildman–Crippen LogP) is 5.70. The van der Waals surface area contributed by atoms with E-state index in [0.29, 0.717) is 30.1 Å². The van der Waals surface area contributed by atoms with Crippen LogP contribution in [0.25, 0.3) is 0 Å². The van der Waals surface area contributed by atoms with Crippen molar-refractivity contribution >= 4 is 0 Å². The van der Waals surface area contributed by atoms with Crippen LogP contribution in [0.5, 0.6) is 0 Å². The largest absolute Gasteiger partial charge is 0.393 e. The van der Waals surface area contributed by atoms with Crippen LogP contribution in [0.15, 0.2) is 35.5 Å². The molecule has 0 bridgehead atoms. The van der Waals surface area contributed by atoms with Gasteiger partial charge in [0.1, 0.15) is 0 Å². The first-order valence-electron chi connectivity index (χ1n) is 12.2. The normalized spacial score (nSPS) is 38.8. The predicted molar refractivity (Wildman–Crippen MR) is 124 cm³/mol. The Balaban J connectivity index is 1.70. The van der Waals surface area contributed by atoms with Gasteiger partial charge in [-0.2, -0.15) is 0 Å². The number of allylic oxidation sites excluding steroid dienone is 3. The first kappa shape index (κ1) is 23.8. The van der Waals surface area contributed by atoms with E-state index in [1.54, 1.807) is 5.57 Å². The third-order valence-corrected chi connectivity index (χ3v) is 8.44. The Kier molecular flexibility index (Phi) is 7.37. The lowest BCUT2D eigenvalue weighted by Gasteiger charge is -2.44. The van der Waals surface area contributed by atoms with Crippen LogP contribution < -0.4 is 0 Å². The summed E-state index contributed by atoms with van der Waals surface area (Å²) in [4.78, 5) is 0. The second-order valence-electron chi connectivity index (χ2n) is 11.3. The first-order valence-corrected chi connectivity index (χ1v) is 12.2. The summed E-state index contributed by atoms with van der Waals surface area (Å²) < 4.78 is 0. The third kappa shape index (κ3) is 5.29. The average Bonchev–Trinajstić information content (AvgIpc) is 3.00. The maximum absolute atomic E-state index is 10.1. The van der Waals surface area contributed by atoms with Gasteiger partial charge in [-0.1, -0.05) is 51.0 Å². The monoisotopic (exact) mass is 416 g/mol. The van der Waals surface area contributed by atoms with E-state index in [0.717, 1.165) is 29.9 Å². The molecule has 30 heavy (non-hydrogen) atoms. The minimum Gasteiger partial charge on any atom is -0.393 e. The zero-order valence-electron chi connectivity index (χ0n) is 19.7. The molecule has 3 saturated carbocycles. The molecule has 6 atom stereocenters. The van der Waals surface area contributed by atoms with Gasteiger partial charge in [-0.05, 0) is 93.1 Å². The molecular formula is C27H44O3. The minimum absolute atomic E-state index is 0.374. The van der Waals surface area contributed by atoms with Crippen LogP contribution >= 0.6 is 0 Å². The molecule has 0 amide bonds. The van der Waals surface area contributed by atoms with E-state index in [1.165, 1.54) is 38.5 Å². The molecule has 0 heterocycles. The number of aliphatic hydroxyl groups is 3. The van der Waals surface area contributed by atoms with Gasteiger partial charge in [0.25, 0.3) is 0 Å². The number of hydrogen-bond donors (Lipinski definition) is 3. The van der Waals surface area contributed by atoms with Gasteiger partial charge in [0.2, 0.25) is 0 Å². The SMILES string of the molecule is C=C1/C(=C\C=C2/CCC[C@@]3(C)C2CCC3[C@H](C)CCCC(C)(C)O)C[C@@H](O)CC1O. The van der Waals surface area contributed by atoms with Crippen LogP contribution in [0.1, 0.15) is 91.9 Å². The van der Waals surface area contributed by atoms with Gasteiger partial charge in [-0.3, -0.25) is 0 Å². The van der Waals surface area contributed by atoms with Crippen LogP contribution in [-0.2, 0) is 0 Å². The molecule has 3 nitrogen and oxygen atoms in total. The standard InChI is InChI=1S/C27H44O3/c1-18(8-6-14-26(3,4)30)23-12-13-24-20(9-7-15-27(23,24)5)10-11-21-16-22(28)17-25(29)19(21)2/h10-11,18,22-25,28-30H,2,6-9,12-17H2,1,3-5H3/b20-10+,21-11-/t18-,22-,23?,24?,25?,27-/m1/s1. The smallest absolute Gasteiger partial charge is 0.0811 e. The molecule has 3 unspecified atom stereocenters. The Morgan fingerprint density at radius 2 is 1.97 bits per heavy atom. The summed E-state index contributed by atoms with van der Waals surface area (Å²) >= 11 is 0. The lowest BCUT2D eigenvalue weighted by atomic mass is 9.60. The van der Waals surface area contributed by atoms with E-state index in [1.807, 2.05) is 13.8 Å². The van der Waals surface area contributed by atoms with E-state index in [2.05, 4.69) is 32.6 Å². The van der Waals surface area contributed by atoms with Crippen molar-refractivity contribution in [2.75, 3.05) is 0 Å². The second kappa shape index (κ2) is 9.30. The molecule has 0 aromatic rings. The summed E-state index contributed by atoms with van der Waals surface area (Å²) in [5.41, 5.74) is 3.17. The van der Waals surface area contributed by atoms with Gasteiger partial charge in [0, 0.05) is 6.42 Å². The highest BCUT2D eigenvalue weighted by Crippen LogP contribution is 2.60. The molecule has 3 aliphatic carbocycles. The molecular weight excluding hydrogens is 372 g/mol. The Morgan fingerprint density at radius 3 is 2.67 bits per heavy atom. The molecule has 3 N–H and O–H groups in total. The topological polar surface area (TPSA) is 60.7 Å². The van der Waals surface area contributed by atoms with Crippen molar-refractivity contribution in [3.8, 4) is 0 Å². The fraction of sp³-hybridized carbons (Fsp3) is 0.778. The third-order valence-electron chi connectivity index (χ3n) is 8.44. The average molecular weight is 417 g/mol. The molecule has 0 spiro atoms. The summed E-state index contributed by atoms with van der Waals surface area (Å²) in [7, 11) is 0. The van der Waals surface area contributed by atoms with E-state index in [4.69, 9.17) is 0 Å². The van der Waals surface area contributed by atoms with E-state index in [9.17, 15) is 15.3 Å². The van der Waals surface area contributed by atoms with Crippen molar-refractivity contribution in [1.29, 1.82) is 0 Å². The summed E-state index contributed by atoms with van der Waals surface area (Å²) in [6.45, 7) is 12.8. The Bertz CT molecular complexity index is 683. The zero-order chi connectivity index (χ0) is 22.1. The summed E-state index contributed by atoms with van der Waals surface area (Å²) in [5.74, 6) is 2.11. The lowest BCUT2D eigenvalue weighted by Crippen LogP contribution is -2.36. The molecule has 0 radical (unpaired) electrons. The van der Waals surface area contributed by atoms with E-state index < -0.39 is 17.8 Å². The van der Waals surface area contributed by atoms with Gasteiger partial charge < -0.3 is 15.3 Å². The molecule has 3 rings (SSSR count). The number of rotatable bonds is 6. The summed E-state index contributed by atoms with van der Waals surface area (Å²) in [6.07, 6.45) is 13.9. The highest BCUT2D eigenvalue weighted by Gasteiger charge is 2.50. The number of aliphatic hydroxyl groups excluding tert-OH is 2. The molecule has 3 aliphatic rings. The fourth-order valence-electron chi connectivity index (χ4n) is 6.74. The van der Waals surface area contributed by atoms with Gasteiger partial charge in [0.05, 0.1) is 17.8 Å². The molecule has 170 valence electrons. The molecule has 3 heteroatoms. The van der Waals surface area contributed by atoms with Crippen LogP contribution in [0.4, 0.5) is 0 Å². The fourth-order valence-corrected chi connectivity index (χ4v) is 6.74. The Morgan fingerprint density at radius 1 is 1.23 bits per heavy atom. The van der Waals surface area contributed by atoms with Crippen LogP contribution in [0.2, 0.25) is 0 Å². The highest BCUT2D eigenvalue weighted by molar-refractivity contribution is 5.38. The van der Waals surface area contributed by atoms with Gasteiger partial charge in [0.15, 0.2) is 0 Å². The van der Waals surface area contributed by atoms with E-state index >= 15 is 0 Å². The first-order chi connectivity index (χ1) is 14.0. The molecule has 0 saturated heterocycles. The Hall–Kier alpha value is -0.900. The lowest BCUT2D eigenvalue weighted by molar-refractivity contribution is 0.0596. The Labute approximate surface area is 184 Å².